The van der Waals surface area contributed by atoms with Gasteiger partial charge in [0.2, 0.25) is 0 Å². The van der Waals surface area contributed by atoms with Crippen LogP contribution in [0.3, 0.4) is 0 Å². The Labute approximate surface area is 458 Å². The largest absolute Gasteiger partial charge is 0.394 e. The molecule has 460 valence electrons. The summed E-state index contributed by atoms with van der Waals surface area (Å²) in [6.45, 7) is 10.0. The molecule has 28 nitrogen and oxygen atoms in total. The van der Waals surface area contributed by atoms with Crippen molar-refractivity contribution >= 4 is 0 Å². The fourth-order valence-electron chi connectivity index (χ4n) is 10.2. The van der Waals surface area contributed by atoms with E-state index in [1.807, 2.05) is 20.8 Å². The highest BCUT2D eigenvalue weighted by atomic mass is 16.8. The Balaban J connectivity index is 1.04. The minimum Gasteiger partial charge on any atom is -0.394 e. The van der Waals surface area contributed by atoms with Crippen LogP contribution in [-0.2, 0) is 56.8 Å². The molecule has 0 amide bonds. The fourth-order valence-corrected chi connectivity index (χ4v) is 10.2. The predicted octanol–water partition coefficient (Wildman–Crippen LogP) is -5.49. The number of hydrogen-bond donors (Lipinski definition) is 16. The number of rotatable bonds is 23. The Bertz CT molecular complexity index is 1890. The zero-order valence-corrected chi connectivity index (χ0v) is 45.5. The van der Waals surface area contributed by atoms with E-state index in [0.717, 1.165) is 24.0 Å². The summed E-state index contributed by atoms with van der Waals surface area (Å²) in [5.74, 6) is -0.104. The van der Waals surface area contributed by atoms with Gasteiger partial charge in [-0.3, -0.25) is 0 Å². The second-order valence-corrected chi connectivity index (χ2v) is 21.9. The van der Waals surface area contributed by atoms with Crippen LogP contribution in [0.25, 0.3) is 0 Å². The predicted molar refractivity (Wildman–Crippen MR) is 264 cm³/mol. The molecule has 6 fully saturated rings. The Morgan fingerprint density at radius 1 is 0.405 bits per heavy atom. The van der Waals surface area contributed by atoms with Crippen molar-refractivity contribution in [3.63, 3.8) is 0 Å². The van der Waals surface area contributed by atoms with E-state index in [1.165, 1.54) is 27.7 Å². The lowest BCUT2D eigenvalue weighted by Gasteiger charge is -2.48. The maximum Gasteiger partial charge on any atom is 0.187 e. The first-order valence-electron chi connectivity index (χ1n) is 27.1. The van der Waals surface area contributed by atoms with E-state index in [4.69, 9.17) is 56.8 Å². The van der Waals surface area contributed by atoms with Crippen LogP contribution in [-0.4, -0.2) is 292 Å². The van der Waals surface area contributed by atoms with E-state index in [1.54, 1.807) is 6.08 Å². The molecule has 6 saturated heterocycles. The maximum absolute atomic E-state index is 11.4. The van der Waals surface area contributed by atoms with E-state index in [-0.39, 0.29) is 19.1 Å². The average molecular weight is 1150 g/mol. The van der Waals surface area contributed by atoms with Gasteiger partial charge in [0, 0.05) is 0 Å². The molecule has 6 aliphatic heterocycles. The van der Waals surface area contributed by atoms with Crippen LogP contribution in [0.2, 0.25) is 0 Å². The van der Waals surface area contributed by atoms with Gasteiger partial charge in [-0.1, -0.05) is 30.2 Å². The summed E-state index contributed by atoms with van der Waals surface area (Å²) in [7, 11) is 0. The van der Waals surface area contributed by atoms with Crippen molar-refractivity contribution in [2.45, 2.75) is 265 Å². The van der Waals surface area contributed by atoms with Crippen molar-refractivity contribution in [3.8, 4) is 0 Å². The quantitative estimate of drug-likeness (QED) is 0.0424. The number of allylic oxidation sites excluding steroid dienone is 3. The molecule has 6 rings (SSSR count). The van der Waals surface area contributed by atoms with Gasteiger partial charge in [0.25, 0.3) is 0 Å². The van der Waals surface area contributed by atoms with Crippen LogP contribution in [0, 0.1) is 5.92 Å². The van der Waals surface area contributed by atoms with Gasteiger partial charge in [-0.05, 0) is 79.6 Å². The normalized spacial score (nSPS) is 48.0. The number of aliphatic hydroxyl groups excluding tert-OH is 16. The van der Waals surface area contributed by atoms with E-state index in [0.29, 0.717) is 19.3 Å². The molecule has 0 aromatic carbocycles. The lowest BCUT2D eigenvalue weighted by Crippen LogP contribution is -2.66. The molecule has 0 aromatic rings. The van der Waals surface area contributed by atoms with Gasteiger partial charge in [0.15, 0.2) is 37.7 Å². The maximum atomic E-state index is 11.4. The molecular formula is C51H88O28. The number of hydrogen-bond acceptors (Lipinski definition) is 28. The summed E-state index contributed by atoms with van der Waals surface area (Å²) < 4.78 is 70.9. The molecule has 0 spiro atoms. The van der Waals surface area contributed by atoms with E-state index < -0.39 is 197 Å². The molecule has 16 N–H and O–H groups in total. The van der Waals surface area contributed by atoms with Gasteiger partial charge in [-0.2, -0.15) is 0 Å². The highest BCUT2D eigenvalue weighted by molar-refractivity contribution is 5.05. The first-order chi connectivity index (χ1) is 37.3. The highest BCUT2D eigenvalue weighted by Crippen LogP contribution is 2.37. The van der Waals surface area contributed by atoms with Crippen LogP contribution >= 0.6 is 0 Å². The minimum atomic E-state index is -1.80. The first-order valence-corrected chi connectivity index (χ1v) is 27.1. The summed E-state index contributed by atoms with van der Waals surface area (Å²) in [4.78, 5) is 0. The van der Waals surface area contributed by atoms with Crippen molar-refractivity contribution in [1.82, 2.24) is 0 Å². The van der Waals surface area contributed by atoms with Crippen LogP contribution < -0.4 is 0 Å². The zero-order chi connectivity index (χ0) is 58.3. The topological polar surface area (TPSA) is 434 Å². The highest BCUT2D eigenvalue weighted by Gasteiger charge is 2.56. The smallest absolute Gasteiger partial charge is 0.187 e. The molecular weight excluding hydrogens is 1060 g/mol. The van der Waals surface area contributed by atoms with E-state index >= 15 is 0 Å². The van der Waals surface area contributed by atoms with Gasteiger partial charge in [0.05, 0.1) is 50.8 Å². The van der Waals surface area contributed by atoms with Crippen molar-refractivity contribution in [2.24, 2.45) is 5.92 Å². The van der Waals surface area contributed by atoms with Crippen molar-refractivity contribution in [3.05, 3.63) is 23.3 Å². The first kappa shape index (κ1) is 66.5. The monoisotopic (exact) mass is 1150 g/mol. The van der Waals surface area contributed by atoms with Gasteiger partial charge in [0.1, 0.15) is 122 Å². The fraction of sp³-hybridized carbons (Fsp3) is 0.922. The molecule has 0 radical (unpaired) electrons. The van der Waals surface area contributed by atoms with Crippen molar-refractivity contribution in [2.75, 3.05) is 26.4 Å². The Kier molecular flexibility index (Phi) is 25.2. The SMILES string of the molecule is C/C(=C\CO[C@@H]1O[C@H](CO)[C@H](O)[C@@H](O[C@@H]2O[C@H](C)[C@@H](O)[C@H](O)[C@H]2O)[C@H]1O[C@@H]1O[C@H](C)[C@H](O)[C@H](O)[C@H]1O)CC/C=C(\C)CCC[C@@H](C)CO[C@H]1O[C@@H](CO)[C@H](O)[C@@H](O[C@@H]2O[C@@H](C)[C@@H](O)[C@H](O)[C@@H]2O)[C@@H]1O[C@@H]1O[C@H](C)[C@H](O)[C@H](O)[C@H]1O. The number of aliphatic hydroxyl groups is 16. The molecule has 6 heterocycles. The Morgan fingerprint density at radius 3 is 1.11 bits per heavy atom. The third-order valence-electron chi connectivity index (χ3n) is 15.5. The van der Waals surface area contributed by atoms with Gasteiger partial charge in [-0.15, -0.1) is 0 Å². The molecule has 0 bridgehead atoms. The summed E-state index contributed by atoms with van der Waals surface area (Å²) in [5.41, 5.74) is 2.01. The standard InChI is InChI=1S/C51H88O28/c1-19(11-9-13-21(3)18-69-51-45(79-49-41(67)37(63)31(57)25(7)73-49)43(33(59)27(17-53)75-51)77-47-39(65)35(61)29(55)23(5)71-47)10-8-12-20(2)14-15-68-50-44(78-48-40(66)36(62)30(56)24(6)72-48)42(32(58)26(16-52)74-50)76-46-38(64)34(60)28(54)22(4)70-46/h10,14,21-67H,8-9,11-13,15-18H2,1-7H3/b19-10+,20-14+/t21-,22-,23+,24-,25-,26-,27+,28-,29-,30+,31+,32+,33+,34+,35+,36+,37+,38-,39+,40-,41-,42-,43-,44-,45+,46+,47+,48+,49+,50-,51+/m1/s1. The minimum absolute atomic E-state index is 0.0551. The summed E-state index contributed by atoms with van der Waals surface area (Å²) in [6, 6.07) is 0. The molecule has 79 heavy (non-hydrogen) atoms. The summed E-state index contributed by atoms with van der Waals surface area (Å²) >= 11 is 0. The van der Waals surface area contributed by atoms with Gasteiger partial charge >= 0.3 is 0 Å². The van der Waals surface area contributed by atoms with Crippen LogP contribution in [0.5, 0.6) is 0 Å². The molecule has 6 aliphatic rings. The van der Waals surface area contributed by atoms with Gasteiger partial charge < -0.3 is 139 Å². The molecule has 0 unspecified atom stereocenters. The lowest BCUT2D eigenvalue weighted by molar-refractivity contribution is -0.390. The van der Waals surface area contributed by atoms with Crippen molar-refractivity contribution in [1.29, 1.82) is 0 Å². The van der Waals surface area contributed by atoms with Crippen LogP contribution in [0.4, 0.5) is 0 Å². The number of ether oxygens (including phenoxy) is 12. The average Bonchev–Trinajstić information content (AvgIpc) is 3.50. The second kappa shape index (κ2) is 29.9. The molecule has 0 aromatic heterocycles. The Morgan fingerprint density at radius 2 is 0.747 bits per heavy atom. The lowest BCUT2D eigenvalue weighted by atomic mass is 9.96. The van der Waals surface area contributed by atoms with Crippen molar-refractivity contribution < 1.29 is 139 Å². The zero-order valence-electron chi connectivity index (χ0n) is 45.5. The van der Waals surface area contributed by atoms with E-state index in [2.05, 4.69) is 6.08 Å². The third kappa shape index (κ3) is 16.2. The van der Waals surface area contributed by atoms with Crippen LogP contribution in [0.15, 0.2) is 23.3 Å². The van der Waals surface area contributed by atoms with E-state index in [9.17, 15) is 81.7 Å². The Hall–Kier alpha value is -1.64. The molecule has 0 saturated carbocycles. The molecule has 28 heteroatoms. The summed E-state index contributed by atoms with van der Waals surface area (Å²) in [6.07, 6.45) is -38.3. The summed E-state index contributed by atoms with van der Waals surface area (Å²) in [5, 5.41) is 170. The molecule has 0 aliphatic carbocycles. The molecule has 31 atom stereocenters. The van der Waals surface area contributed by atoms with Crippen LogP contribution in [0.1, 0.15) is 80.6 Å². The third-order valence-corrected chi connectivity index (χ3v) is 15.5. The second-order valence-electron chi connectivity index (χ2n) is 21.9. The van der Waals surface area contributed by atoms with Gasteiger partial charge in [-0.25, -0.2) is 0 Å².